The van der Waals surface area contributed by atoms with E-state index in [-0.39, 0.29) is 11.8 Å². The van der Waals surface area contributed by atoms with Crippen molar-refractivity contribution in [2.45, 2.75) is 58.1 Å². The Balaban J connectivity index is 1.87. The van der Waals surface area contributed by atoms with E-state index in [4.69, 9.17) is 20.8 Å². The molecule has 0 atom stereocenters. The standard InChI is InChI=1S/C21H22ClN3O4S/c1-12-14-15(30-16(12)21(11-26)7-8-21)17(24-18(22)23-14)25(10-13-6-5-9-28-13)19(27)29-20(2,3)4/h5-6,9,11H,7-8,10H2,1-4H3. The largest absolute Gasteiger partial charge is 0.467 e. The Morgan fingerprint density at radius 3 is 2.70 bits per heavy atom. The molecule has 1 aliphatic carbocycles. The van der Waals surface area contributed by atoms with E-state index in [1.54, 1.807) is 39.2 Å². The van der Waals surface area contributed by atoms with Crippen LogP contribution in [0.5, 0.6) is 0 Å². The summed E-state index contributed by atoms with van der Waals surface area (Å²) in [6.07, 6.45) is 3.60. The predicted molar refractivity (Wildman–Crippen MR) is 115 cm³/mol. The highest BCUT2D eigenvalue weighted by molar-refractivity contribution is 7.20. The van der Waals surface area contributed by atoms with Crippen LogP contribution in [0.1, 0.15) is 49.8 Å². The van der Waals surface area contributed by atoms with Gasteiger partial charge in [0.1, 0.15) is 17.6 Å². The number of anilines is 1. The fourth-order valence-corrected chi connectivity index (χ4v) is 4.96. The van der Waals surface area contributed by atoms with Crippen LogP contribution in [0.4, 0.5) is 10.6 Å². The highest BCUT2D eigenvalue weighted by Gasteiger charge is 2.47. The SMILES string of the molecule is Cc1c(C2(C=O)CC2)sc2c(N(Cc3ccco3)C(=O)OC(C)(C)C)nc(Cl)nc12. The molecule has 0 saturated heterocycles. The monoisotopic (exact) mass is 447 g/mol. The number of hydrogen-bond donors (Lipinski definition) is 0. The minimum absolute atomic E-state index is 0.0221. The highest BCUT2D eigenvalue weighted by Crippen LogP contribution is 2.52. The second-order valence-corrected chi connectivity index (χ2v) is 9.83. The van der Waals surface area contributed by atoms with Gasteiger partial charge in [0.15, 0.2) is 5.82 Å². The van der Waals surface area contributed by atoms with Crippen LogP contribution in [-0.4, -0.2) is 27.9 Å². The zero-order chi connectivity index (χ0) is 21.7. The fraction of sp³-hybridized carbons (Fsp3) is 0.429. The smallest absolute Gasteiger partial charge is 0.416 e. The lowest BCUT2D eigenvalue weighted by Gasteiger charge is -2.26. The van der Waals surface area contributed by atoms with Gasteiger partial charge in [-0.05, 0) is 69.8 Å². The molecule has 0 aromatic carbocycles. The molecule has 3 aromatic heterocycles. The number of carbonyl (C=O) groups excluding carboxylic acids is 2. The third-order valence-electron chi connectivity index (χ3n) is 4.95. The molecule has 1 aliphatic rings. The summed E-state index contributed by atoms with van der Waals surface area (Å²) in [5, 5.41) is 0.0221. The number of halogens is 1. The second-order valence-electron chi connectivity index (χ2n) is 8.47. The number of carbonyl (C=O) groups is 2. The zero-order valence-electron chi connectivity index (χ0n) is 17.2. The predicted octanol–water partition coefficient (Wildman–Crippen LogP) is 5.42. The second kappa shape index (κ2) is 7.35. The van der Waals surface area contributed by atoms with Gasteiger partial charge in [-0.3, -0.25) is 4.90 Å². The van der Waals surface area contributed by atoms with E-state index in [1.807, 2.05) is 6.92 Å². The molecule has 0 radical (unpaired) electrons. The number of fused-ring (bicyclic) bond motifs is 1. The molecular formula is C21H22ClN3O4S. The topological polar surface area (TPSA) is 85.5 Å². The first-order valence-corrected chi connectivity index (χ1v) is 10.8. The molecule has 0 N–H and O–H groups in total. The summed E-state index contributed by atoms with van der Waals surface area (Å²) < 4.78 is 11.8. The maximum atomic E-state index is 13.1. The number of nitrogens with zero attached hydrogens (tertiary/aromatic N) is 3. The third-order valence-corrected chi connectivity index (χ3v) is 6.62. The van der Waals surface area contributed by atoms with Crippen LogP contribution >= 0.6 is 22.9 Å². The van der Waals surface area contributed by atoms with E-state index in [0.717, 1.165) is 29.6 Å². The van der Waals surface area contributed by atoms with Gasteiger partial charge in [0.05, 0.1) is 28.4 Å². The molecule has 158 valence electrons. The number of aldehydes is 1. The first kappa shape index (κ1) is 20.8. The van der Waals surface area contributed by atoms with Gasteiger partial charge < -0.3 is 13.9 Å². The quantitative estimate of drug-likeness (QED) is 0.383. The van der Waals surface area contributed by atoms with E-state index in [1.165, 1.54) is 16.2 Å². The number of rotatable bonds is 5. The number of furan rings is 1. The van der Waals surface area contributed by atoms with Gasteiger partial charge in [-0.25, -0.2) is 9.78 Å². The van der Waals surface area contributed by atoms with Crippen LogP contribution in [-0.2, 0) is 21.5 Å². The summed E-state index contributed by atoms with van der Waals surface area (Å²) in [4.78, 5) is 36.0. The number of thiophene rings is 1. The average molecular weight is 448 g/mol. The van der Waals surface area contributed by atoms with Crippen LogP contribution in [0, 0.1) is 6.92 Å². The van der Waals surface area contributed by atoms with E-state index < -0.39 is 17.1 Å². The van der Waals surface area contributed by atoms with Gasteiger partial charge >= 0.3 is 6.09 Å². The summed E-state index contributed by atoms with van der Waals surface area (Å²) in [7, 11) is 0. The number of ether oxygens (including phenoxy) is 1. The van der Waals surface area contributed by atoms with Gasteiger partial charge in [-0.15, -0.1) is 11.3 Å². The molecule has 1 amide bonds. The Kier molecular flexibility index (Phi) is 5.10. The molecule has 3 heterocycles. The van der Waals surface area contributed by atoms with Crippen molar-refractivity contribution in [3.63, 3.8) is 0 Å². The Morgan fingerprint density at radius 2 is 2.13 bits per heavy atom. The maximum Gasteiger partial charge on any atom is 0.416 e. The van der Waals surface area contributed by atoms with Gasteiger partial charge in [-0.1, -0.05) is 0 Å². The zero-order valence-corrected chi connectivity index (χ0v) is 18.8. The lowest BCUT2D eigenvalue weighted by Crippen LogP contribution is -2.37. The molecule has 0 bridgehead atoms. The van der Waals surface area contributed by atoms with Crippen molar-refractivity contribution in [3.05, 3.63) is 39.9 Å². The van der Waals surface area contributed by atoms with Crippen molar-refractivity contribution in [1.82, 2.24) is 9.97 Å². The normalized spacial score (nSPS) is 15.2. The number of aromatic nitrogens is 2. The maximum absolute atomic E-state index is 13.1. The summed E-state index contributed by atoms with van der Waals surface area (Å²) in [6, 6.07) is 3.52. The van der Waals surface area contributed by atoms with Crippen LogP contribution in [0.2, 0.25) is 5.28 Å². The Morgan fingerprint density at radius 1 is 1.40 bits per heavy atom. The van der Waals surface area contributed by atoms with Crippen molar-refractivity contribution in [2.24, 2.45) is 0 Å². The van der Waals surface area contributed by atoms with Crippen LogP contribution in [0.25, 0.3) is 10.2 Å². The summed E-state index contributed by atoms with van der Waals surface area (Å²) >= 11 is 7.68. The Hall–Kier alpha value is -2.45. The van der Waals surface area contributed by atoms with Crippen LogP contribution in [0.3, 0.4) is 0 Å². The number of hydrogen-bond acceptors (Lipinski definition) is 7. The van der Waals surface area contributed by atoms with E-state index in [2.05, 4.69) is 9.97 Å². The average Bonchev–Trinajstić information content (AvgIpc) is 3.14. The summed E-state index contributed by atoms with van der Waals surface area (Å²) in [5.74, 6) is 0.917. The Bertz CT molecular complexity index is 1110. The molecule has 0 aliphatic heterocycles. The van der Waals surface area contributed by atoms with Gasteiger partial charge in [0.2, 0.25) is 5.28 Å². The molecule has 3 aromatic rings. The number of aryl methyl sites for hydroxylation is 1. The van der Waals surface area contributed by atoms with Crippen LogP contribution < -0.4 is 4.90 Å². The molecule has 4 rings (SSSR count). The first-order valence-electron chi connectivity index (χ1n) is 9.60. The van der Waals surface area contributed by atoms with Crippen molar-refractivity contribution in [2.75, 3.05) is 4.90 Å². The van der Waals surface area contributed by atoms with Crippen molar-refractivity contribution in [1.29, 1.82) is 0 Å². The minimum atomic E-state index is -0.694. The molecule has 7 nitrogen and oxygen atoms in total. The molecule has 30 heavy (non-hydrogen) atoms. The molecule has 1 saturated carbocycles. The van der Waals surface area contributed by atoms with Crippen molar-refractivity contribution >= 4 is 51.4 Å². The van der Waals surface area contributed by atoms with E-state index in [0.29, 0.717) is 21.8 Å². The highest BCUT2D eigenvalue weighted by atomic mass is 35.5. The van der Waals surface area contributed by atoms with Crippen molar-refractivity contribution < 1.29 is 18.7 Å². The van der Waals surface area contributed by atoms with Gasteiger partial charge in [0, 0.05) is 4.88 Å². The summed E-state index contributed by atoms with van der Waals surface area (Å²) in [5.41, 5.74) is 0.385. The molecular weight excluding hydrogens is 426 g/mol. The molecule has 0 unspecified atom stereocenters. The first-order chi connectivity index (χ1) is 14.1. The van der Waals surface area contributed by atoms with Crippen molar-refractivity contribution in [3.8, 4) is 0 Å². The van der Waals surface area contributed by atoms with E-state index >= 15 is 0 Å². The van der Waals surface area contributed by atoms with Gasteiger partial charge in [-0.2, -0.15) is 4.98 Å². The third kappa shape index (κ3) is 3.81. The fourth-order valence-electron chi connectivity index (χ4n) is 3.34. The Labute approximate surface area is 183 Å². The molecule has 0 spiro atoms. The lowest BCUT2D eigenvalue weighted by atomic mass is 10.0. The van der Waals surface area contributed by atoms with Gasteiger partial charge in [0.25, 0.3) is 0 Å². The minimum Gasteiger partial charge on any atom is -0.467 e. The lowest BCUT2D eigenvalue weighted by molar-refractivity contribution is -0.109. The molecule has 1 fully saturated rings. The number of amides is 1. The molecule has 9 heteroatoms. The summed E-state index contributed by atoms with van der Waals surface area (Å²) in [6.45, 7) is 7.44. The van der Waals surface area contributed by atoms with E-state index in [9.17, 15) is 9.59 Å². The van der Waals surface area contributed by atoms with Crippen LogP contribution in [0.15, 0.2) is 22.8 Å².